The molecule has 2 aromatic rings. The highest BCUT2D eigenvalue weighted by Gasteiger charge is 2.28. The summed E-state index contributed by atoms with van der Waals surface area (Å²) in [6.45, 7) is 4.32. The topological polar surface area (TPSA) is 95.0 Å². The summed E-state index contributed by atoms with van der Waals surface area (Å²) in [5.74, 6) is 2.00. The minimum absolute atomic E-state index is 0.365. The van der Waals surface area contributed by atoms with E-state index in [2.05, 4.69) is 37.9 Å². The normalized spacial score (nSPS) is 17.2. The largest absolute Gasteiger partial charge is 0.384 e. The average molecular weight is 323 g/mol. The Bertz CT molecular complexity index is 768. The van der Waals surface area contributed by atoms with Crippen LogP contribution in [0, 0.1) is 18.3 Å². The van der Waals surface area contributed by atoms with Crippen LogP contribution in [0.1, 0.15) is 23.4 Å². The quantitative estimate of drug-likeness (QED) is 0.907. The molecule has 1 saturated heterocycles. The molecule has 0 saturated carbocycles. The van der Waals surface area contributed by atoms with Crippen LogP contribution in [-0.4, -0.2) is 46.0 Å². The maximum absolute atomic E-state index is 9.40. The number of pyridine rings is 1. The van der Waals surface area contributed by atoms with Gasteiger partial charge in [0.1, 0.15) is 23.5 Å². The molecule has 1 aliphatic rings. The second kappa shape index (κ2) is 6.81. The fraction of sp³-hybridized carbons (Fsp3) is 0.412. The lowest BCUT2D eigenvalue weighted by Crippen LogP contribution is -2.35. The van der Waals surface area contributed by atoms with Gasteiger partial charge in [-0.05, 0) is 38.1 Å². The SMILES string of the molecule is Cc1ccnc(N2CCC(N(C)Cc3nccc(N)n3)C2)c1C#N. The highest BCUT2D eigenvalue weighted by Crippen LogP contribution is 2.25. The Morgan fingerprint density at radius 3 is 2.92 bits per heavy atom. The molecule has 124 valence electrons. The summed E-state index contributed by atoms with van der Waals surface area (Å²) in [5, 5.41) is 9.40. The zero-order valence-electron chi connectivity index (χ0n) is 14.0. The van der Waals surface area contributed by atoms with Crippen LogP contribution >= 0.6 is 0 Å². The van der Waals surface area contributed by atoms with Gasteiger partial charge in [0, 0.05) is 31.5 Å². The van der Waals surface area contributed by atoms with Gasteiger partial charge in [-0.25, -0.2) is 15.0 Å². The Morgan fingerprint density at radius 2 is 2.17 bits per heavy atom. The Morgan fingerprint density at radius 1 is 1.38 bits per heavy atom. The van der Waals surface area contributed by atoms with Crippen molar-refractivity contribution in [1.82, 2.24) is 19.9 Å². The van der Waals surface area contributed by atoms with Crippen molar-refractivity contribution < 1.29 is 0 Å². The van der Waals surface area contributed by atoms with Crippen LogP contribution in [0.4, 0.5) is 11.6 Å². The van der Waals surface area contributed by atoms with Crippen molar-refractivity contribution in [2.45, 2.75) is 25.9 Å². The van der Waals surface area contributed by atoms with Crippen molar-refractivity contribution in [3.05, 3.63) is 41.5 Å². The van der Waals surface area contributed by atoms with Crippen LogP contribution in [0.3, 0.4) is 0 Å². The second-order valence-electron chi connectivity index (χ2n) is 6.14. The van der Waals surface area contributed by atoms with Gasteiger partial charge in [-0.1, -0.05) is 0 Å². The number of nitriles is 1. The molecule has 3 rings (SSSR count). The molecule has 7 nitrogen and oxygen atoms in total. The summed E-state index contributed by atoms with van der Waals surface area (Å²) in [4.78, 5) is 17.4. The third kappa shape index (κ3) is 3.29. The maximum Gasteiger partial charge on any atom is 0.146 e. The van der Waals surface area contributed by atoms with Gasteiger partial charge in [0.15, 0.2) is 0 Å². The van der Waals surface area contributed by atoms with Gasteiger partial charge in [-0.15, -0.1) is 0 Å². The standard InChI is InChI=1S/C17H21N7/c1-12-3-6-21-17(14(12)9-18)24-8-5-13(10-24)23(2)11-16-20-7-4-15(19)22-16/h3-4,6-7,13H,5,8,10-11H2,1-2H3,(H2,19,20,22). The van der Waals surface area contributed by atoms with Crippen LogP contribution in [0.15, 0.2) is 24.5 Å². The first-order chi connectivity index (χ1) is 11.6. The van der Waals surface area contributed by atoms with Crippen molar-refractivity contribution in [1.29, 1.82) is 5.26 Å². The minimum Gasteiger partial charge on any atom is -0.384 e. The summed E-state index contributed by atoms with van der Waals surface area (Å²) in [6, 6.07) is 6.21. The van der Waals surface area contributed by atoms with Crippen molar-refractivity contribution in [2.24, 2.45) is 0 Å². The van der Waals surface area contributed by atoms with Crippen LogP contribution in [0.2, 0.25) is 0 Å². The molecular formula is C17H21N7. The predicted octanol–water partition coefficient (Wildman–Crippen LogP) is 1.34. The van der Waals surface area contributed by atoms with Gasteiger partial charge >= 0.3 is 0 Å². The molecule has 24 heavy (non-hydrogen) atoms. The van der Waals surface area contributed by atoms with E-state index in [1.54, 1.807) is 18.5 Å². The molecule has 1 atom stereocenters. The smallest absolute Gasteiger partial charge is 0.146 e. The summed E-state index contributed by atoms with van der Waals surface area (Å²) >= 11 is 0. The molecule has 1 fully saturated rings. The second-order valence-corrected chi connectivity index (χ2v) is 6.14. The average Bonchev–Trinajstić information content (AvgIpc) is 3.04. The molecule has 2 aromatic heterocycles. The van der Waals surface area contributed by atoms with Crippen LogP contribution < -0.4 is 10.6 Å². The van der Waals surface area contributed by atoms with Gasteiger partial charge in [-0.3, -0.25) is 4.90 Å². The maximum atomic E-state index is 9.40. The molecule has 1 unspecified atom stereocenters. The summed E-state index contributed by atoms with van der Waals surface area (Å²) in [5.41, 5.74) is 7.35. The monoisotopic (exact) mass is 323 g/mol. The van der Waals surface area contributed by atoms with E-state index in [1.165, 1.54) is 0 Å². The number of likely N-dealkylation sites (N-methyl/N-ethyl adjacent to an activating group) is 1. The lowest BCUT2D eigenvalue weighted by Gasteiger charge is -2.24. The van der Waals surface area contributed by atoms with E-state index in [0.29, 0.717) is 24.0 Å². The van der Waals surface area contributed by atoms with Gasteiger partial charge in [0.25, 0.3) is 0 Å². The Labute approximate surface area is 141 Å². The van der Waals surface area contributed by atoms with Gasteiger partial charge in [0.05, 0.1) is 12.1 Å². The first-order valence-corrected chi connectivity index (χ1v) is 7.96. The first-order valence-electron chi connectivity index (χ1n) is 7.96. The number of anilines is 2. The third-order valence-corrected chi connectivity index (χ3v) is 4.46. The highest BCUT2D eigenvalue weighted by molar-refractivity contribution is 5.57. The van der Waals surface area contributed by atoms with E-state index in [1.807, 2.05) is 13.0 Å². The lowest BCUT2D eigenvalue weighted by molar-refractivity contribution is 0.244. The molecule has 3 heterocycles. The van der Waals surface area contributed by atoms with E-state index >= 15 is 0 Å². The van der Waals surface area contributed by atoms with E-state index in [-0.39, 0.29) is 0 Å². The summed E-state index contributed by atoms with van der Waals surface area (Å²) < 4.78 is 0. The molecule has 2 N–H and O–H groups in total. The molecule has 1 aliphatic heterocycles. The van der Waals surface area contributed by atoms with Gasteiger partial charge in [-0.2, -0.15) is 5.26 Å². The molecule has 0 amide bonds. The molecule has 0 aromatic carbocycles. The fourth-order valence-corrected chi connectivity index (χ4v) is 3.06. The van der Waals surface area contributed by atoms with E-state index in [0.717, 1.165) is 36.7 Å². The molecule has 0 radical (unpaired) electrons. The predicted molar refractivity (Wildman–Crippen MR) is 92.2 cm³/mol. The fourth-order valence-electron chi connectivity index (χ4n) is 3.06. The van der Waals surface area contributed by atoms with Crippen molar-refractivity contribution in [2.75, 3.05) is 30.8 Å². The van der Waals surface area contributed by atoms with Crippen LogP contribution in [0.5, 0.6) is 0 Å². The van der Waals surface area contributed by atoms with E-state index in [4.69, 9.17) is 5.73 Å². The summed E-state index contributed by atoms with van der Waals surface area (Å²) in [7, 11) is 2.07. The van der Waals surface area contributed by atoms with Crippen molar-refractivity contribution in [3.8, 4) is 6.07 Å². The Kier molecular flexibility index (Phi) is 4.58. The number of aromatic nitrogens is 3. The lowest BCUT2D eigenvalue weighted by atomic mass is 10.1. The van der Waals surface area contributed by atoms with Gasteiger partial charge in [0.2, 0.25) is 0 Å². The van der Waals surface area contributed by atoms with Crippen LogP contribution in [-0.2, 0) is 6.54 Å². The zero-order valence-corrected chi connectivity index (χ0v) is 14.0. The Hall–Kier alpha value is -2.72. The molecule has 0 bridgehead atoms. The third-order valence-electron chi connectivity index (χ3n) is 4.46. The van der Waals surface area contributed by atoms with Crippen molar-refractivity contribution in [3.63, 3.8) is 0 Å². The number of nitrogen functional groups attached to an aromatic ring is 1. The number of nitrogens with two attached hydrogens (primary N) is 1. The molecule has 0 spiro atoms. The number of hydrogen-bond donors (Lipinski definition) is 1. The molecule has 7 heteroatoms. The highest BCUT2D eigenvalue weighted by atomic mass is 15.3. The van der Waals surface area contributed by atoms with E-state index < -0.39 is 0 Å². The number of hydrogen-bond acceptors (Lipinski definition) is 7. The Balaban J connectivity index is 1.69. The number of rotatable bonds is 4. The van der Waals surface area contributed by atoms with Crippen molar-refractivity contribution >= 4 is 11.6 Å². The summed E-state index contributed by atoms with van der Waals surface area (Å²) in [6.07, 6.45) is 4.46. The van der Waals surface area contributed by atoms with E-state index in [9.17, 15) is 5.26 Å². The minimum atomic E-state index is 0.365. The molecule has 0 aliphatic carbocycles. The number of aryl methyl sites for hydroxylation is 1. The first kappa shape index (κ1) is 16.1. The zero-order chi connectivity index (χ0) is 17.1. The molecular weight excluding hydrogens is 302 g/mol. The van der Waals surface area contributed by atoms with Gasteiger partial charge < -0.3 is 10.6 Å². The number of nitrogens with zero attached hydrogens (tertiary/aromatic N) is 6. The van der Waals surface area contributed by atoms with Crippen LogP contribution in [0.25, 0.3) is 0 Å².